The number of fused-ring (bicyclic) bond motifs is 3. The first-order valence-corrected chi connectivity index (χ1v) is 7.95. The van der Waals surface area contributed by atoms with E-state index in [1.807, 2.05) is 13.8 Å². The number of benzene rings is 1. The summed E-state index contributed by atoms with van der Waals surface area (Å²) < 4.78 is 19.8. The predicted octanol–water partition coefficient (Wildman–Crippen LogP) is 3.31. The van der Waals surface area contributed by atoms with Crippen LogP contribution in [0.15, 0.2) is 12.1 Å². The molecule has 2 aliphatic rings. The SMILES string of the molecule is CCc1cc(F)cc2c1NC1C2CCOC1(CC)CC(=O)O. The fourth-order valence-corrected chi connectivity index (χ4v) is 4.03. The van der Waals surface area contributed by atoms with E-state index in [1.165, 1.54) is 0 Å². The van der Waals surface area contributed by atoms with Crippen LogP contribution in [0.3, 0.4) is 0 Å². The predicted molar refractivity (Wildman–Crippen MR) is 81.8 cm³/mol. The minimum Gasteiger partial charge on any atom is -0.481 e. The molecule has 0 aromatic heterocycles. The van der Waals surface area contributed by atoms with Gasteiger partial charge in [0.05, 0.1) is 18.1 Å². The number of halogens is 1. The van der Waals surface area contributed by atoms with Crippen LogP contribution in [0.2, 0.25) is 0 Å². The van der Waals surface area contributed by atoms with E-state index in [0.29, 0.717) is 13.0 Å². The van der Waals surface area contributed by atoms with Gasteiger partial charge in [-0.2, -0.15) is 0 Å². The van der Waals surface area contributed by atoms with Crippen LogP contribution in [-0.2, 0) is 16.0 Å². The molecule has 2 aliphatic heterocycles. The largest absolute Gasteiger partial charge is 0.481 e. The third kappa shape index (κ3) is 2.28. The van der Waals surface area contributed by atoms with Crippen molar-refractivity contribution in [3.8, 4) is 0 Å². The van der Waals surface area contributed by atoms with E-state index in [9.17, 15) is 14.3 Å². The standard InChI is InChI=1S/C17H22FNO3/c1-3-10-7-11(18)8-13-12-5-6-22-17(4-2,9-14(20)21)16(12)19-15(10)13/h7-8,12,16,19H,3-6,9H2,1-2H3,(H,20,21). The Hall–Kier alpha value is -1.62. The lowest BCUT2D eigenvalue weighted by Gasteiger charge is -2.44. The maximum absolute atomic E-state index is 13.9. The zero-order valence-electron chi connectivity index (χ0n) is 13.0. The van der Waals surface area contributed by atoms with Crippen molar-refractivity contribution in [3.63, 3.8) is 0 Å². The van der Waals surface area contributed by atoms with Crippen molar-refractivity contribution >= 4 is 11.7 Å². The molecule has 0 bridgehead atoms. The third-order valence-electron chi connectivity index (χ3n) is 5.13. The van der Waals surface area contributed by atoms with Gasteiger partial charge in [0.2, 0.25) is 0 Å². The molecule has 2 N–H and O–H groups in total. The van der Waals surface area contributed by atoms with Gasteiger partial charge in [0.15, 0.2) is 0 Å². The zero-order chi connectivity index (χ0) is 15.9. The fourth-order valence-electron chi connectivity index (χ4n) is 4.03. The zero-order valence-corrected chi connectivity index (χ0v) is 13.0. The van der Waals surface area contributed by atoms with Gasteiger partial charge in [-0.3, -0.25) is 4.79 Å². The molecule has 1 aromatic carbocycles. The number of ether oxygens (including phenoxy) is 1. The summed E-state index contributed by atoms with van der Waals surface area (Å²) in [5.41, 5.74) is 2.18. The number of carboxylic acids is 1. The lowest BCUT2D eigenvalue weighted by atomic mass is 9.76. The van der Waals surface area contributed by atoms with E-state index in [1.54, 1.807) is 12.1 Å². The number of rotatable bonds is 4. The molecule has 0 aliphatic carbocycles. The van der Waals surface area contributed by atoms with Gasteiger partial charge < -0.3 is 15.2 Å². The highest BCUT2D eigenvalue weighted by Gasteiger charge is 2.51. The van der Waals surface area contributed by atoms with Crippen molar-refractivity contribution in [2.75, 3.05) is 11.9 Å². The van der Waals surface area contributed by atoms with Crippen LogP contribution in [0.4, 0.5) is 10.1 Å². The van der Waals surface area contributed by atoms with Crippen LogP contribution in [-0.4, -0.2) is 29.3 Å². The van der Waals surface area contributed by atoms with Crippen LogP contribution in [0.5, 0.6) is 0 Å². The Morgan fingerprint density at radius 1 is 1.50 bits per heavy atom. The molecule has 5 heteroatoms. The molecular formula is C17H22FNO3. The number of nitrogens with one attached hydrogen (secondary N) is 1. The summed E-state index contributed by atoms with van der Waals surface area (Å²) in [7, 11) is 0. The third-order valence-corrected chi connectivity index (χ3v) is 5.13. The summed E-state index contributed by atoms with van der Waals surface area (Å²) in [6, 6.07) is 3.05. The van der Waals surface area contributed by atoms with E-state index in [0.717, 1.165) is 29.7 Å². The summed E-state index contributed by atoms with van der Waals surface area (Å²) in [5, 5.41) is 12.8. The number of hydrogen-bond acceptors (Lipinski definition) is 3. The van der Waals surface area contributed by atoms with Crippen LogP contribution < -0.4 is 5.32 Å². The molecule has 1 fully saturated rings. The second kappa shape index (κ2) is 5.54. The number of carbonyl (C=O) groups is 1. The van der Waals surface area contributed by atoms with Crippen molar-refractivity contribution < 1.29 is 19.0 Å². The second-order valence-electron chi connectivity index (χ2n) is 6.24. The highest BCUT2D eigenvalue weighted by atomic mass is 19.1. The molecule has 3 unspecified atom stereocenters. The Morgan fingerprint density at radius 3 is 2.91 bits per heavy atom. The monoisotopic (exact) mass is 307 g/mol. The summed E-state index contributed by atoms with van der Waals surface area (Å²) in [5.74, 6) is -0.962. The normalized spacial score (nSPS) is 29.6. The molecule has 0 spiro atoms. The van der Waals surface area contributed by atoms with E-state index in [4.69, 9.17) is 4.74 Å². The van der Waals surface area contributed by atoms with Crippen molar-refractivity contribution in [1.29, 1.82) is 0 Å². The summed E-state index contributed by atoms with van der Waals surface area (Å²) in [6.45, 7) is 4.47. The minimum absolute atomic E-state index is 0.0321. The molecular weight excluding hydrogens is 285 g/mol. The first kappa shape index (κ1) is 15.3. The van der Waals surface area contributed by atoms with E-state index >= 15 is 0 Å². The molecule has 2 heterocycles. The van der Waals surface area contributed by atoms with Crippen LogP contribution in [0.25, 0.3) is 0 Å². The molecule has 22 heavy (non-hydrogen) atoms. The van der Waals surface area contributed by atoms with Crippen LogP contribution in [0.1, 0.15) is 50.2 Å². The Morgan fingerprint density at radius 2 is 2.27 bits per heavy atom. The molecule has 1 saturated heterocycles. The Kier molecular flexibility index (Phi) is 3.85. The summed E-state index contributed by atoms with van der Waals surface area (Å²) >= 11 is 0. The van der Waals surface area contributed by atoms with Crippen LogP contribution >= 0.6 is 0 Å². The molecule has 3 atom stereocenters. The first-order valence-electron chi connectivity index (χ1n) is 7.95. The number of carboxylic acid groups (broad SMARTS) is 1. The number of aryl methyl sites for hydroxylation is 1. The minimum atomic E-state index is -0.859. The topological polar surface area (TPSA) is 58.6 Å². The number of aliphatic carboxylic acids is 1. The molecule has 0 saturated carbocycles. The van der Waals surface area contributed by atoms with E-state index < -0.39 is 11.6 Å². The second-order valence-corrected chi connectivity index (χ2v) is 6.24. The summed E-state index contributed by atoms with van der Waals surface area (Å²) in [6.07, 6.45) is 2.12. The van der Waals surface area contributed by atoms with Gasteiger partial charge >= 0.3 is 5.97 Å². The molecule has 120 valence electrons. The lowest BCUT2D eigenvalue weighted by molar-refractivity contribution is -0.152. The molecule has 0 amide bonds. The number of anilines is 1. The van der Waals surface area contributed by atoms with Gasteiger partial charge in [-0.05, 0) is 42.5 Å². The van der Waals surface area contributed by atoms with Crippen molar-refractivity contribution in [2.45, 2.75) is 57.1 Å². The average Bonchev–Trinajstić information content (AvgIpc) is 2.86. The molecule has 0 radical (unpaired) electrons. The average molecular weight is 307 g/mol. The van der Waals surface area contributed by atoms with Crippen LogP contribution in [0, 0.1) is 5.82 Å². The van der Waals surface area contributed by atoms with E-state index in [-0.39, 0.29) is 24.2 Å². The highest BCUT2D eigenvalue weighted by molar-refractivity contribution is 5.70. The number of hydrogen-bond donors (Lipinski definition) is 2. The highest BCUT2D eigenvalue weighted by Crippen LogP contribution is 2.49. The summed E-state index contributed by atoms with van der Waals surface area (Å²) in [4.78, 5) is 11.3. The maximum atomic E-state index is 13.9. The molecule has 3 rings (SSSR count). The Bertz CT molecular complexity index is 604. The Balaban J connectivity index is 2.04. The van der Waals surface area contributed by atoms with Gasteiger partial charge in [-0.1, -0.05) is 13.8 Å². The van der Waals surface area contributed by atoms with Gasteiger partial charge in [0, 0.05) is 18.2 Å². The lowest BCUT2D eigenvalue weighted by Crippen LogP contribution is -2.54. The van der Waals surface area contributed by atoms with E-state index in [2.05, 4.69) is 5.32 Å². The smallest absolute Gasteiger partial charge is 0.306 e. The van der Waals surface area contributed by atoms with Gasteiger partial charge in [0.25, 0.3) is 0 Å². The van der Waals surface area contributed by atoms with Crippen molar-refractivity contribution in [3.05, 3.63) is 29.1 Å². The fraction of sp³-hybridized carbons (Fsp3) is 0.588. The molecule has 4 nitrogen and oxygen atoms in total. The molecule has 1 aromatic rings. The van der Waals surface area contributed by atoms with Crippen molar-refractivity contribution in [1.82, 2.24) is 0 Å². The maximum Gasteiger partial charge on any atom is 0.306 e. The van der Waals surface area contributed by atoms with Gasteiger partial charge in [-0.25, -0.2) is 4.39 Å². The van der Waals surface area contributed by atoms with Gasteiger partial charge in [0.1, 0.15) is 5.82 Å². The van der Waals surface area contributed by atoms with Crippen molar-refractivity contribution in [2.24, 2.45) is 0 Å². The van der Waals surface area contributed by atoms with Gasteiger partial charge in [-0.15, -0.1) is 0 Å². The Labute approximate surface area is 129 Å². The first-order chi connectivity index (χ1) is 10.5. The quantitative estimate of drug-likeness (QED) is 0.896.